The van der Waals surface area contributed by atoms with E-state index in [9.17, 15) is 0 Å². The smallest absolute Gasteiger partial charge is 0.0515 e. The van der Waals surface area contributed by atoms with Crippen molar-refractivity contribution in [3.8, 4) is 0 Å². The van der Waals surface area contributed by atoms with Crippen molar-refractivity contribution in [1.82, 2.24) is 0 Å². The van der Waals surface area contributed by atoms with Gasteiger partial charge in [-0.15, -0.1) is 0 Å². The minimum atomic E-state index is -0.212. The van der Waals surface area contributed by atoms with Gasteiger partial charge in [0.15, 0.2) is 0 Å². The van der Waals surface area contributed by atoms with Crippen molar-refractivity contribution in [3.63, 3.8) is 0 Å². The summed E-state index contributed by atoms with van der Waals surface area (Å²) >= 11 is 0. The monoisotopic (exact) mass is 170 g/mol. The molecule has 1 aliphatic rings. The molecule has 0 aliphatic heterocycles. The molecule has 2 nitrogen and oxygen atoms in total. The van der Waals surface area contributed by atoms with Crippen LogP contribution in [0.25, 0.3) is 0 Å². The highest BCUT2D eigenvalue weighted by Gasteiger charge is 2.46. The van der Waals surface area contributed by atoms with Gasteiger partial charge in [-0.25, -0.2) is 0 Å². The first-order chi connectivity index (χ1) is 5.70. The van der Waals surface area contributed by atoms with E-state index < -0.39 is 0 Å². The van der Waals surface area contributed by atoms with E-state index in [2.05, 4.69) is 13.0 Å². The summed E-state index contributed by atoms with van der Waals surface area (Å²) in [5, 5.41) is 18.3. The van der Waals surface area contributed by atoms with Gasteiger partial charge >= 0.3 is 0 Å². The van der Waals surface area contributed by atoms with Crippen LogP contribution in [0.2, 0.25) is 0 Å². The van der Waals surface area contributed by atoms with Crippen LogP contribution in [0.1, 0.15) is 26.7 Å². The predicted octanol–water partition coefficient (Wildman–Crippen LogP) is 1.33. The third-order valence-electron chi connectivity index (χ3n) is 3.30. The molecule has 70 valence electrons. The lowest BCUT2D eigenvalue weighted by atomic mass is 9.58. The van der Waals surface area contributed by atoms with Crippen molar-refractivity contribution < 1.29 is 10.2 Å². The Kier molecular flexibility index (Phi) is 2.91. The molecule has 1 saturated carbocycles. The first-order valence-corrected chi connectivity index (χ1v) is 4.54. The molecule has 0 aromatic heterocycles. The van der Waals surface area contributed by atoms with Gasteiger partial charge in [-0.1, -0.05) is 11.6 Å². The zero-order valence-corrected chi connectivity index (χ0v) is 7.88. The summed E-state index contributed by atoms with van der Waals surface area (Å²) in [6, 6.07) is 0. The minimum absolute atomic E-state index is 0.110. The van der Waals surface area contributed by atoms with Gasteiger partial charge in [0.05, 0.1) is 13.2 Å². The maximum atomic E-state index is 9.16. The normalized spacial score (nSPS) is 28.3. The molecule has 12 heavy (non-hydrogen) atoms. The molecular weight excluding hydrogens is 152 g/mol. The standard InChI is InChI=1S/C10H18O2/c1-3-8(2)9-4-5-10(9,6-11)7-12/h3,9,11-12H,4-7H2,1-2H3/b8-3-. The van der Waals surface area contributed by atoms with Crippen LogP contribution >= 0.6 is 0 Å². The predicted molar refractivity (Wildman–Crippen MR) is 48.8 cm³/mol. The summed E-state index contributed by atoms with van der Waals surface area (Å²) in [4.78, 5) is 0. The van der Waals surface area contributed by atoms with Crippen molar-refractivity contribution in [1.29, 1.82) is 0 Å². The van der Waals surface area contributed by atoms with E-state index in [1.54, 1.807) is 0 Å². The molecular formula is C10H18O2. The van der Waals surface area contributed by atoms with E-state index >= 15 is 0 Å². The number of aliphatic hydroxyl groups excluding tert-OH is 2. The topological polar surface area (TPSA) is 40.5 Å². The minimum Gasteiger partial charge on any atom is -0.396 e. The van der Waals surface area contributed by atoms with E-state index in [0.717, 1.165) is 12.8 Å². The molecule has 1 aliphatic carbocycles. The Morgan fingerprint density at radius 3 is 2.33 bits per heavy atom. The zero-order valence-electron chi connectivity index (χ0n) is 7.88. The van der Waals surface area contributed by atoms with Gasteiger partial charge in [-0.2, -0.15) is 0 Å². The van der Waals surface area contributed by atoms with E-state index in [0.29, 0.717) is 5.92 Å². The van der Waals surface area contributed by atoms with Gasteiger partial charge in [0.1, 0.15) is 0 Å². The van der Waals surface area contributed by atoms with Crippen LogP contribution in [0, 0.1) is 11.3 Å². The van der Waals surface area contributed by atoms with Gasteiger partial charge in [0.2, 0.25) is 0 Å². The van der Waals surface area contributed by atoms with E-state index in [1.807, 2.05) is 6.92 Å². The van der Waals surface area contributed by atoms with Crippen molar-refractivity contribution >= 4 is 0 Å². The van der Waals surface area contributed by atoms with Crippen molar-refractivity contribution in [2.24, 2.45) is 11.3 Å². The lowest BCUT2D eigenvalue weighted by Crippen LogP contribution is -2.46. The summed E-state index contributed by atoms with van der Waals surface area (Å²) in [6.45, 7) is 4.30. The average molecular weight is 170 g/mol. The van der Waals surface area contributed by atoms with Crippen molar-refractivity contribution in [2.45, 2.75) is 26.7 Å². The average Bonchev–Trinajstić information content (AvgIpc) is 2.05. The van der Waals surface area contributed by atoms with Crippen molar-refractivity contribution in [2.75, 3.05) is 13.2 Å². The van der Waals surface area contributed by atoms with Gasteiger partial charge < -0.3 is 10.2 Å². The number of aliphatic hydroxyl groups is 2. The van der Waals surface area contributed by atoms with Crippen LogP contribution in [0.3, 0.4) is 0 Å². The summed E-state index contributed by atoms with van der Waals surface area (Å²) in [5.41, 5.74) is 1.08. The summed E-state index contributed by atoms with van der Waals surface area (Å²) in [5.74, 6) is 0.400. The summed E-state index contributed by atoms with van der Waals surface area (Å²) < 4.78 is 0. The molecule has 0 bridgehead atoms. The zero-order chi connectivity index (χ0) is 9.19. The van der Waals surface area contributed by atoms with Crippen LogP contribution in [-0.2, 0) is 0 Å². The number of allylic oxidation sites excluding steroid dienone is 2. The largest absolute Gasteiger partial charge is 0.396 e. The van der Waals surface area contributed by atoms with Crippen LogP contribution in [0.5, 0.6) is 0 Å². The molecule has 0 radical (unpaired) electrons. The molecule has 0 aromatic rings. The second-order valence-corrected chi connectivity index (χ2v) is 3.80. The molecule has 2 N–H and O–H groups in total. The molecule has 2 heteroatoms. The Morgan fingerprint density at radius 1 is 1.50 bits per heavy atom. The maximum Gasteiger partial charge on any atom is 0.0515 e. The molecule has 0 aromatic carbocycles. The fraction of sp³-hybridized carbons (Fsp3) is 0.800. The number of hydrogen-bond acceptors (Lipinski definition) is 2. The fourth-order valence-corrected chi connectivity index (χ4v) is 2.04. The van der Waals surface area contributed by atoms with Gasteiger partial charge in [0, 0.05) is 5.41 Å². The Morgan fingerprint density at radius 2 is 2.08 bits per heavy atom. The van der Waals surface area contributed by atoms with Crippen LogP contribution < -0.4 is 0 Å². The molecule has 1 unspecified atom stereocenters. The van der Waals surface area contributed by atoms with Gasteiger partial charge in [0.25, 0.3) is 0 Å². The lowest BCUT2D eigenvalue weighted by molar-refractivity contribution is -0.0519. The van der Waals surface area contributed by atoms with Gasteiger partial charge in [-0.05, 0) is 32.6 Å². The fourth-order valence-electron chi connectivity index (χ4n) is 2.04. The molecule has 1 fully saturated rings. The third-order valence-corrected chi connectivity index (χ3v) is 3.30. The molecule has 0 heterocycles. The Bertz CT molecular complexity index is 175. The van der Waals surface area contributed by atoms with E-state index in [-0.39, 0.29) is 18.6 Å². The second-order valence-electron chi connectivity index (χ2n) is 3.80. The highest BCUT2D eigenvalue weighted by atomic mass is 16.3. The molecule has 0 saturated heterocycles. The molecule has 1 rings (SSSR count). The third kappa shape index (κ3) is 1.29. The Labute approximate surface area is 73.9 Å². The summed E-state index contributed by atoms with van der Waals surface area (Å²) in [7, 11) is 0. The SMILES string of the molecule is C/C=C(/C)C1CCC1(CO)CO. The highest BCUT2D eigenvalue weighted by molar-refractivity contribution is 5.13. The Hall–Kier alpha value is -0.340. The maximum absolute atomic E-state index is 9.16. The number of rotatable bonds is 3. The molecule has 0 spiro atoms. The summed E-state index contributed by atoms with van der Waals surface area (Å²) in [6.07, 6.45) is 4.14. The van der Waals surface area contributed by atoms with Crippen LogP contribution in [-0.4, -0.2) is 23.4 Å². The highest BCUT2D eigenvalue weighted by Crippen LogP contribution is 2.49. The molecule has 0 amide bonds. The van der Waals surface area contributed by atoms with Crippen LogP contribution in [0.4, 0.5) is 0 Å². The van der Waals surface area contributed by atoms with Gasteiger partial charge in [-0.3, -0.25) is 0 Å². The Balaban J connectivity index is 2.69. The van der Waals surface area contributed by atoms with Crippen molar-refractivity contribution in [3.05, 3.63) is 11.6 Å². The lowest BCUT2D eigenvalue weighted by Gasteiger charge is -2.48. The van der Waals surface area contributed by atoms with Crippen LogP contribution in [0.15, 0.2) is 11.6 Å². The van der Waals surface area contributed by atoms with E-state index in [1.165, 1.54) is 5.57 Å². The first kappa shape index (κ1) is 9.75. The quantitative estimate of drug-likeness (QED) is 0.627. The number of hydrogen-bond donors (Lipinski definition) is 2. The first-order valence-electron chi connectivity index (χ1n) is 4.54. The van der Waals surface area contributed by atoms with E-state index in [4.69, 9.17) is 10.2 Å². The molecule has 1 atom stereocenters. The second kappa shape index (κ2) is 3.58.